The summed E-state index contributed by atoms with van der Waals surface area (Å²) in [6.07, 6.45) is 4.84. The van der Waals surface area contributed by atoms with Gasteiger partial charge in [-0.3, -0.25) is 4.79 Å². The molecule has 0 atom stereocenters. The Morgan fingerprint density at radius 1 is 1.17 bits per heavy atom. The minimum Gasteiger partial charge on any atom is -0.463 e. The highest BCUT2D eigenvalue weighted by Gasteiger charge is 2.39. The number of rotatable bonds is 8. The summed E-state index contributed by atoms with van der Waals surface area (Å²) in [6, 6.07) is 0. The predicted molar refractivity (Wildman–Crippen MR) is 71.5 cm³/mol. The van der Waals surface area contributed by atoms with Gasteiger partial charge in [-0.2, -0.15) is 0 Å². The predicted octanol–water partition coefficient (Wildman–Crippen LogP) is 2.13. The SMILES string of the molecule is CCCCOCCOC(=O)C1(CC)CCNCC1. The second kappa shape index (κ2) is 8.48. The molecule has 0 aromatic heterocycles. The van der Waals surface area contributed by atoms with Crippen LogP contribution in [0, 0.1) is 5.41 Å². The molecule has 0 saturated carbocycles. The molecule has 0 amide bonds. The van der Waals surface area contributed by atoms with E-state index >= 15 is 0 Å². The van der Waals surface area contributed by atoms with Gasteiger partial charge >= 0.3 is 5.97 Å². The molecule has 106 valence electrons. The molecule has 0 aliphatic carbocycles. The molecule has 4 heteroatoms. The van der Waals surface area contributed by atoms with E-state index in [1.807, 2.05) is 0 Å². The number of piperidine rings is 1. The topological polar surface area (TPSA) is 47.6 Å². The Morgan fingerprint density at radius 2 is 1.89 bits per heavy atom. The number of ether oxygens (including phenoxy) is 2. The van der Waals surface area contributed by atoms with Crippen LogP contribution in [0.3, 0.4) is 0 Å². The Labute approximate surface area is 110 Å². The first-order valence-corrected chi connectivity index (χ1v) is 7.21. The van der Waals surface area contributed by atoms with E-state index in [1.54, 1.807) is 0 Å². The van der Waals surface area contributed by atoms with Crippen LogP contribution in [0.25, 0.3) is 0 Å². The zero-order valence-electron chi connectivity index (χ0n) is 11.8. The quantitative estimate of drug-likeness (QED) is 0.534. The lowest BCUT2D eigenvalue weighted by molar-refractivity contribution is -0.159. The van der Waals surface area contributed by atoms with Crippen molar-refractivity contribution < 1.29 is 14.3 Å². The van der Waals surface area contributed by atoms with Gasteiger partial charge in [0.25, 0.3) is 0 Å². The third-order valence-electron chi connectivity index (χ3n) is 3.77. The van der Waals surface area contributed by atoms with Crippen molar-refractivity contribution in [2.24, 2.45) is 5.41 Å². The largest absolute Gasteiger partial charge is 0.463 e. The molecule has 0 unspecified atom stereocenters. The molecule has 0 aromatic rings. The normalized spacial score (nSPS) is 18.6. The molecule has 0 spiro atoms. The monoisotopic (exact) mass is 257 g/mol. The molecule has 18 heavy (non-hydrogen) atoms. The minimum absolute atomic E-state index is 0.0365. The lowest BCUT2D eigenvalue weighted by Crippen LogP contribution is -2.43. The summed E-state index contributed by atoms with van der Waals surface area (Å²) in [5, 5.41) is 3.29. The van der Waals surface area contributed by atoms with Gasteiger partial charge in [0.2, 0.25) is 0 Å². The van der Waals surface area contributed by atoms with Crippen LogP contribution in [-0.4, -0.2) is 38.9 Å². The first kappa shape index (κ1) is 15.4. The van der Waals surface area contributed by atoms with Crippen molar-refractivity contribution in [3.05, 3.63) is 0 Å². The molecule has 4 nitrogen and oxygen atoms in total. The van der Waals surface area contributed by atoms with Crippen LogP contribution in [0.4, 0.5) is 0 Å². The van der Waals surface area contributed by atoms with E-state index < -0.39 is 0 Å². The van der Waals surface area contributed by atoms with Crippen molar-refractivity contribution in [3.8, 4) is 0 Å². The number of nitrogens with one attached hydrogen (secondary N) is 1. The first-order valence-electron chi connectivity index (χ1n) is 7.21. The molecule has 1 rings (SSSR count). The molecule has 1 heterocycles. The Balaban J connectivity index is 2.21. The van der Waals surface area contributed by atoms with Crippen LogP contribution in [0.2, 0.25) is 0 Å². The fraction of sp³-hybridized carbons (Fsp3) is 0.929. The second-order valence-electron chi connectivity index (χ2n) is 4.99. The van der Waals surface area contributed by atoms with Gasteiger partial charge in [0.15, 0.2) is 0 Å². The van der Waals surface area contributed by atoms with Gasteiger partial charge in [0.1, 0.15) is 6.61 Å². The smallest absolute Gasteiger partial charge is 0.312 e. The van der Waals surface area contributed by atoms with Crippen molar-refractivity contribution in [1.29, 1.82) is 0 Å². The van der Waals surface area contributed by atoms with Crippen molar-refractivity contribution in [2.75, 3.05) is 32.9 Å². The van der Waals surface area contributed by atoms with E-state index in [0.29, 0.717) is 13.2 Å². The van der Waals surface area contributed by atoms with Crippen LogP contribution in [0.5, 0.6) is 0 Å². The molecule has 0 radical (unpaired) electrons. The van der Waals surface area contributed by atoms with Gasteiger partial charge in [-0.15, -0.1) is 0 Å². The average Bonchev–Trinajstić information content (AvgIpc) is 2.43. The maximum atomic E-state index is 12.1. The fourth-order valence-corrected chi connectivity index (χ4v) is 2.30. The van der Waals surface area contributed by atoms with E-state index in [1.165, 1.54) is 0 Å². The van der Waals surface area contributed by atoms with E-state index in [9.17, 15) is 4.79 Å². The standard InChI is InChI=1S/C14H27NO3/c1-3-5-10-17-11-12-18-13(16)14(4-2)6-8-15-9-7-14/h15H,3-12H2,1-2H3. The molecule has 0 bridgehead atoms. The Hall–Kier alpha value is -0.610. The number of esters is 1. The fourth-order valence-electron chi connectivity index (χ4n) is 2.30. The number of hydrogen-bond acceptors (Lipinski definition) is 4. The third-order valence-corrected chi connectivity index (χ3v) is 3.77. The lowest BCUT2D eigenvalue weighted by atomic mass is 9.77. The summed E-state index contributed by atoms with van der Waals surface area (Å²) < 4.78 is 10.8. The van der Waals surface area contributed by atoms with Crippen LogP contribution in [0.15, 0.2) is 0 Å². The van der Waals surface area contributed by atoms with E-state index in [4.69, 9.17) is 9.47 Å². The molecule has 0 aromatic carbocycles. The van der Waals surface area contributed by atoms with Gasteiger partial charge in [-0.25, -0.2) is 0 Å². The number of hydrogen-bond donors (Lipinski definition) is 1. The highest BCUT2D eigenvalue weighted by Crippen LogP contribution is 2.33. The van der Waals surface area contributed by atoms with E-state index in [0.717, 1.165) is 51.8 Å². The molecule has 1 N–H and O–H groups in total. The summed E-state index contributed by atoms with van der Waals surface area (Å²) in [7, 11) is 0. The summed E-state index contributed by atoms with van der Waals surface area (Å²) >= 11 is 0. The zero-order chi connectivity index (χ0) is 13.3. The van der Waals surface area contributed by atoms with Crippen molar-refractivity contribution in [2.45, 2.75) is 46.0 Å². The number of carbonyl (C=O) groups excluding carboxylic acids is 1. The van der Waals surface area contributed by atoms with Gasteiger partial charge < -0.3 is 14.8 Å². The van der Waals surface area contributed by atoms with Crippen molar-refractivity contribution >= 4 is 5.97 Å². The van der Waals surface area contributed by atoms with Crippen molar-refractivity contribution in [3.63, 3.8) is 0 Å². The summed E-state index contributed by atoms with van der Waals surface area (Å²) in [4.78, 5) is 12.1. The second-order valence-corrected chi connectivity index (χ2v) is 4.99. The molecule has 1 saturated heterocycles. The summed E-state index contributed by atoms with van der Waals surface area (Å²) in [5.41, 5.74) is -0.255. The summed E-state index contributed by atoms with van der Waals surface area (Å²) in [6.45, 7) is 7.69. The number of unbranched alkanes of at least 4 members (excludes halogenated alkanes) is 1. The first-order chi connectivity index (χ1) is 8.75. The van der Waals surface area contributed by atoms with Crippen LogP contribution in [-0.2, 0) is 14.3 Å². The Kier molecular flexibility index (Phi) is 7.28. The minimum atomic E-state index is -0.255. The highest BCUT2D eigenvalue weighted by molar-refractivity contribution is 5.77. The van der Waals surface area contributed by atoms with Gasteiger partial charge in [-0.05, 0) is 38.8 Å². The van der Waals surface area contributed by atoms with Crippen LogP contribution < -0.4 is 5.32 Å². The highest BCUT2D eigenvalue weighted by atomic mass is 16.6. The van der Waals surface area contributed by atoms with Crippen LogP contribution in [0.1, 0.15) is 46.0 Å². The molecule has 1 aliphatic heterocycles. The zero-order valence-corrected chi connectivity index (χ0v) is 11.8. The van der Waals surface area contributed by atoms with E-state index in [2.05, 4.69) is 19.2 Å². The summed E-state index contributed by atoms with van der Waals surface area (Å²) in [5.74, 6) is -0.0365. The van der Waals surface area contributed by atoms with Gasteiger partial charge in [0, 0.05) is 6.61 Å². The third kappa shape index (κ3) is 4.58. The molecule has 1 fully saturated rings. The van der Waals surface area contributed by atoms with Gasteiger partial charge in [0.05, 0.1) is 12.0 Å². The lowest BCUT2D eigenvalue weighted by Gasteiger charge is -2.34. The maximum absolute atomic E-state index is 12.1. The molecule has 1 aliphatic rings. The Morgan fingerprint density at radius 3 is 2.50 bits per heavy atom. The van der Waals surface area contributed by atoms with Crippen molar-refractivity contribution in [1.82, 2.24) is 5.32 Å². The van der Waals surface area contributed by atoms with Gasteiger partial charge in [-0.1, -0.05) is 20.3 Å². The molecular weight excluding hydrogens is 230 g/mol. The number of carbonyl (C=O) groups is 1. The van der Waals surface area contributed by atoms with E-state index in [-0.39, 0.29) is 11.4 Å². The maximum Gasteiger partial charge on any atom is 0.312 e. The average molecular weight is 257 g/mol. The molecular formula is C14H27NO3. The van der Waals surface area contributed by atoms with Crippen LogP contribution >= 0.6 is 0 Å². The Bertz CT molecular complexity index is 237.